The van der Waals surface area contributed by atoms with Crippen LogP contribution in [0, 0.1) is 5.92 Å². The van der Waals surface area contributed by atoms with Crippen LogP contribution in [0.1, 0.15) is 36.9 Å². The van der Waals surface area contributed by atoms with E-state index in [9.17, 15) is 0 Å². The SMILES string of the molecule is CCOCC1CN(CC2CCOCC2)Cc2cnn(C)c21. The molecule has 0 amide bonds. The van der Waals surface area contributed by atoms with Crippen LogP contribution in [-0.2, 0) is 23.1 Å². The van der Waals surface area contributed by atoms with Crippen LogP contribution < -0.4 is 0 Å². The van der Waals surface area contributed by atoms with Crippen molar-refractivity contribution in [3.63, 3.8) is 0 Å². The van der Waals surface area contributed by atoms with Gasteiger partial charge in [-0.2, -0.15) is 5.10 Å². The number of hydrogen-bond donors (Lipinski definition) is 0. The van der Waals surface area contributed by atoms with Crippen molar-refractivity contribution in [3.05, 3.63) is 17.5 Å². The first-order valence-electron chi connectivity index (χ1n) is 8.16. The minimum atomic E-state index is 0.445. The number of aryl methyl sites for hydroxylation is 1. The van der Waals surface area contributed by atoms with Crippen molar-refractivity contribution >= 4 is 0 Å². The summed E-state index contributed by atoms with van der Waals surface area (Å²) in [6.45, 7) is 8.80. The summed E-state index contributed by atoms with van der Waals surface area (Å²) >= 11 is 0. The van der Waals surface area contributed by atoms with E-state index in [4.69, 9.17) is 9.47 Å². The molecular formula is C16H27N3O2. The van der Waals surface area contributed by atoms with Gasteiger partial charge in [0.1, 0.15) is 0 Å². The molecule has 5 nitrogen and oxygen atoms in total. The van der Waals surface area contributed by atoms with Crippen molar-refractivity contribution in [1.29, 1.82) is 0 Å². The maximum atomic E-state index is 5.70. The van der Waals surface area contributed by atoms with Crippen molar-refractivity contribution in [2.75, 3.05) is 39.5 Å². The first-order chi connectivity index (χ1) is 10.3. The van der Waals surface area contributed by atoms with E-state index in [0.717, 1.165) is 45.4 Å². The monoisotopic (exact) mass is 293 g/mol. The van der Waals surface area contributed by atoms with Crippen molar-refractivity contribution in [2.24, 2.45) is 13.0 Å². The van der Waals surface area contributed by atoms with E-state index in [1.165, 1.54) is 30.6 Å². The Balaban J connectivity index is 1.67. The fraction of sp³-hybridized carbons (Fsp3) is 0.812. The van der Waals surface area contributed by atoms with Crippen LogP contribution in [0.15, 0.2) is 6.20 Å². The molecule has 21 heavy (non-hydrogen) atoms. The minimum Gasteiger partial charge on any atom is -0.381 e. The molecule has 3 rings (SSSR count). The van der Waals surface area contributed by atoms with E-state index < -0.39 is 0 Å². The van der Waals surface area contributed by atoms with Crippen LogP contribution in [0.4, 0.5) is 0 Å². The molecule has 0 aromatic carbocycles. The lowest BCUT2D eigenvalue weighted by Gasteiger charge is -2.36. The molecule has 0 spiro atoms. The molecule has 0 bridgehead atoms. The van der Waals surface area contributed by atoms with E-state index in [2.05, 4.69) is 16.9 Å². The zero-order chi connectivity index (χ0) is 14.7. The first-order valence-corrected chi connectivity index (χ1v) is 8.16. The maximum absolute atomic E-state index is 5.70. The number of rotatable bonds is 5. The van der Waals surface area contributed by atoms with Crippen molar-refractivity contribution in [3.8, 4) is 0 Å². The van der Waals surface area contributed by atoms with Crippen LogP contribution in [-0.4, -0.2) is 54.2 Å². The lowest BCUT2D eigenvalue weighted by Crippen LogP contribution is -2.39. The largest absolute Gasteiger partial charge is 0.381 e. The summed E-state index contributed by atoms with van der Waals surface area (Å²) in [5.41, 5.74) is 2.74. The maximum Gasteiger partial charge on any atom is 0.0562 e. The minimum absolute atomic E-state index is 0.445. The first kappa shape index (κ1) is 15.0. The van der Waals surface area contributed by atoms with Crippen LogP contribution in [0.2, 0.25) is 0 Å². The summed E-state index contributed by atoms with van der Waals surface area (Å²) < 4.78 is 13.2. The number of hydrogen-bond acceptors (Lipinski definition) is 4. The second-order valence-electron chi connectivity index (χ2n) is 6.28. The van der Waals surface area contributed by atoms with Gasteiger partial charge in [-0.1, -0.05) is 0 Å². The highest BCUT2D eigenvalue weighted by molar-refractivity contribution is 5.25. The second-order valence-corrected chi connectivity index (χ2v) is 6.28. The summed E-state index contributed by atoms with van der Waals surface area (Å²) in [6.07, 6.45) is 4.43. The third kappa shape index (κ3) is 3.47. The molecular weight excluding hydrogens is 266 g/mol. The predicted octanol–water partition coefficient (Wildman–Crippen LogP) is 1.78. The molecule has 1 atom stereocenters. The Morgan fingerprint density at radius 2 is 2.19 bits per heavy atom. The van der Waals surface area contributed by atoms with E-state index in [-0.39, 0.29) is 0 Å². The average Bonchev–Trinajstić information content (AvgIpc) is 2.87. The van der Waals surface area contributed by atoms with Crippen LogP contribution in [0.25, 0.3) is 0 Å². The Kier molecular flexibility index (Phi) is 4.93. The lowest BCUT2D eigenvalue weighted by atomic mass is 9.94. The average molecular weight is 293 g/mol. The Hall–Kier alpha value is -0.910. The van der Waals surface area contributed by atoms with Crippen molar-refractivity contribution in [2.45, 2.75) is 32.2 Å². The van der Waals surface area contributed by atoms with Gasteiger partial charge in [-0.05, 0) is 25.7 Å². The quantitative estimate of drug-likeness (QED) is 0.829. The third-order valence-corrected chi connectivity index (χ3v) is 4.70. The van der Waals surface area contributed by atoms with Gasteiger partial charge in [-0.3, -0.25) is 9.58 Å². The van der Waals surface area contributed by atoms with Gasteiger partial charge in [-0.25, -0.2) is 0 Å². The Morgan fingerprint density at radius 3 is 2.95 bits per heavy atom. The van der Waals surface area contributed by atoms with Gasteiger partial charge in [0.15, 0.2) is 0 Å². The molecule has 1 fully saturated rings. The Bertz CT molecular complexity index is 454. The number of fused-ring (bicyclic) bond motifs is 1. The molecule has 118 valence electrons. The molecule has 0 saturated carbocycles. The summed E-state index contributed by atoms with van der Waals surface area (Å²) in [7, 11) is 2.05. The molecule has 1 saturated heterocycles. The van der Waals surface area contributed by atoms with Gasteiger partial charge in [-0.15, -0.1) is 0 Å². The predicted molar refractivity (Wildman–Crippen MR) is 81.3 cm³/mol. The lowest BCUT2D eigenvalue weighted by molar-refractivity contribution is 0.0441. The van der Waals surface area contributed by atoms with Crippen molar-refractivity contribution in [1.82, 2.24) is 14.7 Å². The highest BCUT2D eigenvalue weighted by Gasteiger charge is 2.30. The zero-order valence-corrected chi connectivity index (χ0v) is 13.3. The Labute approximate surface area is 127 Å². The molecule has 5 heteroatoms. The summed E-state index contributed by atoms with van der Waals surface area (Å²) in [5.74, 6) is 1.23. The number of nitrogens with zero attached hydrogens (tertiary/aromatic N) is 3. The summed E-state index contributed by atoms with van der Waals surface area (Å²) in [6, 6.07) is 0. The normalized spacial score (nSPS) is 24.2. The highest BCUT2D eigenvalue weighted by Crippen LogP contribution is 2.29. The van der Waals surface area contributed by atoms with E-state index in [0.29, 0.717) is 5.92 Å². The fourth-order valence-electron chi connectivity index (χ4n) is 3.67. The van der Waals surface area contributed by atoms with Gasteiger partial charge in [0, 0.05) is 63.7 Å². The van der Waals surface area contributed by atoms with Crippen molar-refractivity contribution < 1.29 is 9.47 Å². The highest BCUT2D eigenvalue weighted by atomic mass is 16.5. The molecule has 0 radical (unpaired) electrons. The molecule has 1 aromatic heterocycles. The molecule has 0 N–H and O–H groups in total. The van der Waals surface area contributed by atoms with E-state index in [1.807, 2.05) is 17.9 Å². The molecule has 0 aliphatic carbocycles. The van der Waals surface area contributed by atoms with Gasteiger partial charge in [0.25, 0.3) is 0 Å². The number of aromatic nitrogens is 2. The zero-order valence-electron chi connectivity index (χ0n) is 13.3. The summed E-state index contributed by atoms with van der Waals surface area (Å²) in [4.78, 5) is 2.59. The van der Waals surface area contributed by atoms with Crippen LogP contribution in [0.3, 0.4) is 0 Å². The van der Waals surface area contributed by atoms with Gasteiger partial charge in [0.2, 0.25) is 0 Å². The topological polar surface area (TPSA) is 39.5 Å². The fourth-order valence-corrected chi connectivity index (χ4v) is 3.67. The van der Waals surface area contributed by atoms with Crippen LogP contribution in [0.5, 0.6) is 0 Å². The summed E-state index contributed by atoms with van der Waals surface area (Å²) in [5, 5.41) is 4.45. The molecule has 2 aliphatic heterocycles. The van der Waals surface area contributed by atoms with Gasteiger partial charge in [0.05, 0.1) is 12.8 Å². The van der Waals surface area contributed by atoms with Gasteiger partial charge < -0.3 is 9.47 Å². The standard InChI is InChI=1S/C16H27N3O2/c1-3-20-12-15-11-19(9-13-4-6-21-7-5-13)10-14-8-17-18(2)16(14)15/h8,13,15H,3-7,9-12H2,1-2H3. The molecule has 3 heterocycles. The smallest absolute Gasteiger partial charge is 0.0562 e. The molecule has 2 aliphatic rings. The van der Waals surface area contributed by atoms with E-state index in [1.54, 1.807) is 0 Å². The number of ether oxygens (including phenoxy) is 2. The molecule has 1 aromatic rings. The van der Waals surface area contributed by atoms with E-state index >= 15 is 0 Å². The Morgan fingerprint density at radius 1 is 1.38 bits per heavy atom. The van der Waals surface area contributed by atoms with Crippen LogP contribution >= 0.6 is 0 Å². The third-order valence-electron chi connectivity index (χ3n) is 4.70. The van der Waals surface area contributed by atoms with Gasteiger partial charge >= 0.3 is 0 Å². The molecule has 1 unspecified atom stereocenters. The second kappa shape index (κ2) is 6.90.